The van der Waals surface area contributed by atoms with E-state index >= 15 is 0 Å². The third-order valence-corrected chi connectivity index (χ3v) is 3.81. The first-order chi connectivity index (χ1) is 8.09. The van der Waals surface area contributed by atoms with Gasteiger partial charge in [-0.2, -0.15) is 0 Å². The van der Waals surface area contributed by atoms with Gasteiger partial charge in [0, 0.05) is 13.1 Å². The van der Waals surface area contributed by atoms with E-state index in [1.165, 1.54) is 25.7 Å². The van der Waals surface area contributed by atoms with Crippen molar-refractivity contribution in [3.05, 3.63) is 0 Å². The molecule has 0 aromatic rings. The van der Waals surface area contributed by atoms with Gasteiger partial charge in [-0.05, 0) is 30.6 Å². The molecule has 1 aliphatic carbocycles. The minimum absolute atomic E-state index is 0. The van der Waals surface area contributed by atoms with E-state index in [0.29, 0.717) is 11.9 Å². The number of nitrogens with one attached hydrogen (secondary N) is 1. The average molecular weight is 367 g/mol. The fraction of sp³-hybridized carbons (Fsp3) is 0.929. The Morgan fingerprint density at radius 3 is 2.61 bits per heavy atom. The molecule has 4 heteroatoms. The van der Waals surface area contributed by atoms with Gasteiger partial charge in [-0.3, -0.25) is 4.99 Å². The quantitative estimate of drug-likeness (QED) is 0.445. The maximum absolute atomic E-state index is 5.86. The van der Waals surface area contributed by atoms with E-state index in [4.69, 9.17) is 5.73 Å². The Hall–Kier alpha value is 0. The van der Waals surface area contributed by atoms with Crippen molar-refractivity contribution in [3.8, 4) is 0 Å². The van der Waals surface area contributed by atoms with Gasteiger partial charge in [0.1, 0.15) is 0 Å². The predicted octanol–water partition coefficient (Wildman–Crippen LogP) is 3.38. The van der Waals surface area contributed by atoms with Gasteiger partial charge in [-0.1, -0.05) is 40.0 Å². The molecule has 108 valence electrons. The molecule has 18 heavy (non-hydrogen) atoms. The summed E-state index contributed by atoms with van der Waals surface area (Å²) in [6, 6.07) is 0. The lowest BCUT2D eigenvalue weighted by atomic mass is 9.80. The Morgan fingerprint density at radius 2 is 2.00 bits per heavy atom. The fourth-order valence-electron chi connectivity index (χ4n) is 2.42. The first kappa shape index (κ1) is 18.0. The number of guanidine groups is 1. The van der Waals surface area contributed by atoms with Crippen LogP contribution in [0.5, 0.6) is 0 Å². The Kier molecular flexibility index (Phi) is 9.87. The van der Waals surface area contributed by atoms with Gasteiger partial charge in [0.15, 0.2) is 5.96 Å². The molecule has 0 aromatic heterocycles. The topological polar surface area (TPSA) is 50.4 Å². The molecule has 0 heterocycles. The van der Waals surface area contributed by atoms with E-state index in [1.807, 2.05) is 0 Å². The fourth-order valence-corrected chi connectivity index (χ4v) is 2.42. The van der Waals surface area contributed by atoms with Crippen LogP contribution in [0.25, 0.3) is 0 Å². The second-order valence-electron chi connectivity index (χ2n) is 5.86. The van der Waals surface area contributed by atoms with Crippen LogP contribution in [0, 0.1) is 17.8 Å². The summed E-state index contributed by atoms with van der Waals surface area (Å²) in [6.45, 7) is 8.63. The molecule has 0 aliphatic heterocycles. The summed E-state index contributed by atoms with van der Waals surface area (Å²) in [4.78, 5) is 4.48. The van der Waals surface area contributed by atoms with Gasteiger partial charge in [0.05, 0.1) is 0 Å². The predicted molar refractivity (Wildman–Crippen MR) is 90.5 cm³/mol. The number of halogens is 1. The summed E-state index contributed by atoms with van der Waals surface area (Å²) in [5.74, 6) is 2.90. The van der Waals surface area contributed by atoms with Crippen molar-refractivity contribution in [3.63, 3.8) is 0 Å². The van der Waals surface area contributed by atoms with Crippen LogP contribution in [0.15, 0.2) is 4.99 Å². The smallest absolute Gasteiger partial charge is 0.188 e. The minimum atomic E-state index is 0. The van der Waals surface area contributed by atoms with E-state index in [2.05, 4.69) is 31.1 Å². The molecule has 3 N–H and O–H groups in total. The molecule has 3 nitrogen and oxygen atoms in total. The standard InChI is InChI=1S/C14H29N3.HI/c1-11(2)8-9-16-14(15)17-10-13-7-5-4-6-12(13)3;/h11-13H,4-10H2,1-3H3,(H3,15,16,17);1H. The highest BCUT2D eigenvalue weighted by atomic mass is 127. The molecule has 1 fully saturated rings. The Labute approximate surface area is 129 Å². The number of nitrogens with two attached hydrogens (primary N) is 1. The molecule has 2 unspecified atom stereocenters. The van der Waals surface area contributed by atoms with Crippen molar-refractivity contribution in [2.75, 3.05) is 13.1 Å². The molecular weight excluding hydrogens is 337 g/mol. The van der Waals surface area contributed by atoms with Crippen LogP contribution in [-0.4, -0.2) is 19.0 Å². The molecule has 0 spiro atoms. The Balaban J connectivity index is 0.00000289. The lowest BCUT2D eigenvalue weighted by molar-refractivity contribution is 0.263. The number of hydrogen-bond donors (Lipinski definition) is 2. The van der Waals surface area contributed by atoms with Crippen LogP contribution in [0.4, 0.5) is 0 Å². The molecule has 0 bridgehead atoms. The lowest BCUT2D eigenvalue weighted by Crippen LogP contribution is -2.34. The van der Waals surface area contributed by atoms with Crippen LogP contribution >= 0.6 is 24.0 Å². The van der Waals surface area contributed by atoms with Crippen molar-refractivity contribution in [1.29, 1.82) is 0 Å². The van der Waals surface area contributed by atoms with E-state index < -0.39 is 0 Å². The summed E-state index contributed by atoms with van der Waals surface area (Å²) < 4.78 is 0. The van der Waals surface area contributed by atoms with Crippen molar-refractivity contribution < 1.29 is 0 Å². The lowest BCUT2D eigenvalue weighted by Gasteiger charge is -2.27. The second kappa shape index (κ2) is 9.87. The number of aliphatic imine (C=N–C) groups is 1. The maximum Gasteiger partial charge on any atom is 0.188 e. The van der Waals surface area contributed by atoms with Crippen LogP contribution in [-0.2, 0) is 0 Å². The first-order valence-corrected chi connectivity index (χ1v) is 7.13. The van der Waals surface area contributed by atoms with Crippen LogP contribution in [0.3, 0.4) is 0 Å². The van der Waals surface area contributed by atoms with Gasteiger partial charge in [0.2, 0.25) is 0 Å². The summed E-state index contributed by atoms with van der Waals surface area (Å²) in [7, 11) is 0. The molecule has 0 amide bonds. The first-order valence-electron chi connectivity index (χ1n) is 7.13. The minimum Gasteiger partial charge on any atom is -0.370 e. The van der Waals surface area contributed by atoms with Gasteiger partial charge < -0.3 is 11.1 Å². The van der Waals surface area contributed by atoms with Gasteiger partial charge >= 0.3 is 0 Å². The number of rotatable bonds is 5. The monoisotopic (exact) mass is 367 g/mol. The molecule has 1 saturated carbocycles. The summed E-state index contributed by atoms with van der Waals surface area (Å²) in [5.41, 5.74) is 5.86. The molecule has 1 aliphatic rings. The highest BCUT2D eigenvalue weighted by Crippen LogP contribution is 2.29. The zero-order valence-corrected chi connectivity index (χ0v) is 14.4. The third-order valence-electron chi connectivity index (χ3n) is 3.81. The van der Waals surface area contributed by atoms with Crippen LogP contribution in [0.1, 0.15) is 52.9 Å². The molecule has 0 aromatic carbocycles. The van der Waals surface area contributed by atoms with E-state index in [-0.39, 0.29) is 24.0 Å². The van der Waals surface area contributed by atoms with Gasteiger partial charge in [-0.25, -0.2) is 0 Å². The molecule has 0 saturated heterocycles. The Morgan fingerprint density at radius 1 is 1.33 bits per heavy atom. The zero-order valence-electron chi connectivity index (χ0n) is 12.1. The van der Waals surface area contributed by atoms with Crippen molar-refractivity contribution >= 4 is 29.9 Å². The summed E-state index contributed by atoms with van der Waals surface area (Å²) >= 11 is 0. The highest BCUT2D eigenvalue weighted by Gasteiger charge is 2.20. The van der Waals surface area contributed by atoms with E-state index in [1.54, 1.807) is 0 Å². The number of nitrogens with zero attached hydrogens (tertiary/aromatic N) is 1. The maximum atomic E-state index is 5.86. The van der Waals surface area contributed by atoms with Crippen molar-refractivity contribution in [2.45, 2.75) is 52.9 Å². The zero-order chi connectivity index (χ0) is 12.7. The van der Waals surface area contributed by atoms with Crippen LogP contribution in [0.2, 0.25) is 0 Å². The summed E-state index contributed by atoms with van der Waals surface area (Å²) in [6.07, 6.45) is 6.59. The van der Waals surface area contributed by atoms with Crippen molar-refractivity contribution in [2.24, 2.45) is 28.5 Å². The third kappa shape index (κ3) is 7.44. The Bertz CT molecular complexity index is 241. The van der Waals surface area contributed by atoms with Gasteiger partial charge in [-0.15, -0.1) is 24.0 Å². The molecule has 1 rings (SSSR count). The molecular formula is C14H30IN3. The molecule has 2 atom stereocenters. The SMILES string of the molecule is CC(C)CCNC(N)=NCC1CCCCC1C.I. The summed E-state index contributed by atoms with van der Waals surface area (Å²) in [5, 5.41) is 3.20. The van der Waals surface area contributed by atoms with Crippen molar-refractivity contribution in [1.82, 2.24) is 5.32 Å². The molecule has 0 radical (unpaired) electrons. The average Bonchev–Trinajstić information content (AvgIpc) is 2.27. The largest absolute Gasteiger partial charge is 0.370 e. The number of hydrogen-bond acceptors (Lipinski definition) is 1. The second-order valence-corrected chi connectivity index (χ2v) is 5.86. The van der Waals surface area contributed by atoms with Crippen LogP contribution < -0.4 is 11.1 Å². The van der Waals surface area contributed by atoms with Gasteiger partial charge in [0.25, 0.3) is 0 Å². The highest BCUT2D eigenvalue weighted by molar-refractivity contribution is 14.0. The van der Waals surface area contributed by atoms with E-state index in [0.717, 1.165) is 31.3 Å². The van der Waals surface area contributed by atoms with E-state index in [9.17, 15) is 0 Å². The normalized spacial score (nSPS) is 24.8.